The molecule has 1 heterocycles. The van der Waals surface area contributed by atoms with Crippen LogP contribution in [0.4, 0.5) is 5.69 Å². The van der Waals surface area contributed by atoms with Crippen LogP contribution < -0.4 is 10.2 Å². The van der Waals surface area contributed by atoms with E-state index in [1.54, 1.807) is 0 Å². The molecule has 1 aliphatic heterocycles. The molecule has 0 aliphatic carbocycles. The molecule has 1 N–H and O–H groups in total. The van der Waals surface area contributed by atoms with Crippen molar-refractivity contribution >= 4 is 28.9 Å². The number of nitrogens with one attached hydrogen (secondary N) is 1. The molecule has 0 radical (unpaired) electrons. The van der Waals surface area contributed by atoms with Gasteiger partial charge in [0.1, 0.15) is 0 Å². The van der Waals surface area contributed by atoms with Gasteiger partial charge in [0.05, 0.1) is 10.7 Å². The average molecular weight is 287 g/mol. The van der Waals surface area contributed by atoms with Crippen molar-refractivity contribution in [2.75, 3.05) is 18.0 Å². The second kappa shape index (κ2) is 6.14. The van der Waals surface area contributed by atoms with Crippen LogP contribution >= 0.6 is 23.2 Å². The Labute approximate surface area is 119 Å². The van der Waals surface area contributed by atoms with Gasteiger partial charge in [0.25, 0.3) is 0 Å². The Morgan fingerprint density at radius 2 is 2.17 bits per heavy atom. The fourth-order valence-electron chi connectivity index (χ4n) is 2.71. The largest absolute Gasteiger partial charge is 0.367 e. The van der Waals surface area contributed by atoms with Gasteiger partial charge in [0.15, 0.2) is 0 Å². The highest BCUT2D eigenvalue weighted by atomic mass is 35.5. The third-order valence-electron chi connectivity index (χ3n) is 3.59. The monoisotopic (exact) mass is 286 g/mol. The molecule has 2 unspecified atom stereocenters. The summed E-state index contributed by atoms with van der Waals surface area (Å²) in [6.45, 7) is 6.47. The molecule has 2 nitrogen and oxygen atoms in total. The van der Waals surface area contributed by atoms with E-state index in [0.29, 0.717) is 12.1 Å². The first kappa shape index (κ1) is 14.0. The molecule has 0 saturated carbocycles. The van der Waals surface area contributed by atoms with Gasteiger partial charge in [-0.3, -0.25) is 0 Å². The molecule has 0 aromatic heterocycles. The van der Waals surface area contributed by atoms with Crippen LogP contribution in [0.15, 0.2) is 18.2 Å². The van der Waals surface area contributed by atoms with Gasteiger partial charge in [-0.2, -0.15) is 0 Å². The lowest BCUT2D eigenvalue weighted by Crippen LogP contribution is -2.47. The molecule has 0 amide bonds. The number of halogens is 2. The predicted molar refractivity (Wildman–Crippen MR) is 80.0 cm³/mol. The van der Waals surface area contributed by atoms with Gasteiger partial charge in [0, 0.05) is 23.7 Å². The highest BCUT2D eigenvalue weighted by molar-refractivity contribution is 6.35. The summed E-state index contributed by atoms with van der Waals surface area (Å²) in [5.74, 6) is 0. The van der Waals surface area contributed by atoms with Crippen LogP contribution in [0.2, 0.25) is 10.0 Å². The summed E-state index contributed by atoms with van der Waals surface area (Å²) in [6.07, 6.45) is 2.30. The van der Waals surface area contributed by atoms with Crippen LogP contribution in [-0.4, -0.2) is 25.2 Å². The van der Waals surface area contributed by atoms with Crippen molar-refractivity contribution in [3.05, 3.63) is 28.2 Å². The smallest absolute Gasteiger partial charge is 0.0640 e. The summed E-state index contributed by atoms with van der Waals surface area (Å²) in [7, 11) is 0. The van der Waals surface area contributed by atoms with Gasteiger partial charge in [-0.05, 0) is 44.5 Å². The molecule has 1 fully saturated rings. The van der Waals surface area contributed by atoms with Crippen LogP contribution in [0.1, 0.15) is 26.7 Å². The van der Waals surface area contributed by atoms with E-state index in [0.717, 1.165) is 41.7 Å². The van der Waals surface area contributed by atoms with E-state index >= 15 is 0 Å². The normalized spacial score (nSPS) is 24.3. The van der Waals surface area contributed by atoms with E-state index in [1.807, 2.05) is 18.2 Å². The van der Waals surface area contributed by atoms with Crippen molar-refractivity contribution in [3.63, 3.8) is 0 Å². The van der Waals surface area contributed by atoms with Gasteiger partial charge in [0.2, 0.25) is 0 Å². The first-order valence-corrected chi connectivity index (χ1v) is 7.32. The average Bonchev–Trinajstić information content (AvgIpc) is 2.33. The van der Waals surface area contributed by atoms with Crippen LogP contribution in [0.5, 0.6) is 0 Å². The van der Waals surface area contributed by atoms with E-state index in [2.05, 4.69) is 24.1 Å². The van der Waals surface area contributed by atoms with Crippen LogP contribution in [0, 0.1) is 0 Å². The first-order valence-electron chi connectivity index (χ1n) is 6.57. The van der Waals surface area contributed by atoms with Crippen LogP contribution in [0.3, 0.4) is 0 Å². The maximum atomic E-state index is 6.28. The molecular formula is C14H20Cl2N2. The third-order valence-corrected chi connectivity index (χ3v) is 4.14. The topological polar surface area (TPSA) is 15.3 Å². The van der Waals surface area contributed by atoms with Gasteiger partial charge >= 0.3 is 0 Å². The van der Waals surface area contributed by atoms with Crippen LogP contribution in [0.25, 0.3) is 0 Å². The van der Waals surface area contributed by atoms with Gasteiger partial charge in [-0.15, -0.1) is 0 Å². The summed E-state index contributed by atoms with van der Waals surface area (Å²) in [5, 5.41) is 5.06. The van der Waals surface area contributed by atoms with Crippen molar-refractivity contribution in [1.82, 2.24) is 5.32 Å². The molecule has 1 aromatic rings. The lowest BCUT2D eigenvalue weighted by molar-refractivity contribution is 0.374. The van der Waals surface area contributed by atoms with E-state index in [-0.39, 0.29) is 0 Å². The maximum Gasteiger partial charge on any atom is 0.0640 e. The fourth-order valence-corrected chi connectivity index (χ4v) is 3.10. The first-order chi connectivity index (χ1) is 8.61. The number of nitrogens with zero attached hydrogens (tertiary/aromatic N) is 1. The molecule has 4 heteroatoms. The molecule has 2 atom stereocenters. The van der Waals surface area contributed by atoms with E-state index in [1.165, 1.54) is 0 Å². The van der Waals surface area contributed by atoms with E-state index in [9.17, 15) is 0 Å². The Morgan fingerprint density at radius 3 is 2.83 bits per heavy atom. The van der Waals surface area contributed by atoms with Crippen LogP contribution in [-0.2, 0) is 0 Å². The summed E-state index contributed by atoms with van der Waals surface area (Å²) in [5.41, 5.74) is 1.06. The Hall–Kier alpha value is -0.440. The van der Waals surface area contributed by atoms with Crippen molar-refractivity contribution in [2.24, 2.45) is 0 Å². The number of benzene rings is 1. The third kappa shape index (κ3) is 3.11. The number of piperidine rings is 1. The Kier molecular flexibility index (Phi) is 4.77. The predicted octanol–water partition coefficient (Wildman–Crippen LogP) is 3.96. The highest BCUT2D eigenvalue weighted by Crippen LogP contribution is 2.33. The minimum absolute atomic E-state index is 0.485. The molecular weight excluding hydrogens is 267 g/mol. The second-order valence-corrected chi connectivity index (χ2v) is 5.76. The zero-order valence-electron chi connectivity index (χ0n) is 10.9. The van der Waals surface area contributed by atoms with E-state index in [4.69, 9.17) is 23.2 Å². The zero-order chi connectivity index (χ0) is 13.1. The van der Waals surface area contributed by atoms with Crippen molar-refractivity contribution in [1.29, 1.82) is 0 Å². The molecule has 100 valence electrons. The van der Waals surface area contributed by atoms with Gasteiger partial charge in [-0.25, -0.2) is 0 Å². The summed E-state index contributed by atoms with van der Waals surface area (Å²) >= 11 is 12.3. The number of hydrogen-bond acceptors (Lipinski definition) is 2. The SMILES string of the molecule is CCNC1CCN(c2cc(Cl)ccc2Cl)C(C)C1. The maximum absolute atomic E-state index is 6.28. The minimum atomic E-state index is 0.485. The van der Waals surface area contributed by atoms with Crippen molar-refractivity contribution in [2.45, 2.75) is 38.8 Å². The molecule has 1 aliphatic rings. The molecule has 0 bridgehead atoms. The molecule has 0 spiro atoms. The standard InChI is InChI=1S/C14H20Cl2N2/c1-3-17-12-6-7-18(10(2)8-12)14-9-11(15)4-5-13(14)16/h4-5,9-10,12,17H,3,6-8H2,1-2H3. The molecule has 1 aromatic carbocycles. The second-order valence-electron chi connectivity index (χ2n) is 4.92. The Balaban J connectivity index is 2.12. The van der Waals surface area contributed by atoms with Gasteiger partial charge in [-0.1, -0.05) is 30.1 Å². The Bertz CT molecular complexity index is 409. The summed E-state index contributed by atoms with van der Waals surface area (Å²) < 4.78 is 0. The van der Waals surface area contributed by atoms with Crippen molar-refractivity contribution < 1.29 is 0 Å². The number of rotatable bonds is 3. The lowest BCUT2D eigenvalue weighted by Gasteiger charge is -2.40. The molecule has 1 saturated heterocycles. The van der Waals surface area contributed by atoms with E-state index < -0.39 is 0 Å². The molecule has 2 rings (SSSR count). The summed E-state index contributed by atoms with van der Waals surface area (Å²) in [4.78, 5) is 2.36. The number of hydrogen-bond donors (Lipinski definition) is 1. The zero-order valence-corrected chi connectivity index (χ0v) is 12.4. The highest BCUT2D eigenvalue weighted by Gasteiger charge is 2.26. The van der Waals surface area contributed by atoms with Gasteiger partial charge < -0.3 is 10.2 Å². The lowest BCUT2D eigenvalue weighted by atomic mass is 9.97. The quantitative estimate of drug-likeness (QED) is 0.905. The molecule has 18 heavy (non-hydrogen) atoms. The van der Waals surface area contributed by atoms with Crippen molar-refractivity contribution in [3.8, 4) is 0 Å². The fraction of sp³-hybridized carbons (Fsp3) is 0.571. The minimum Gasteiger partial charge on any atom is -0.367 e. The summed E-state index contributed by atoms with van der Waals surface area (Å²) in [6, 6.07) is 6.79. The number of anilines is 1. The Morgan fingerprint density at radius 1 is 1.39 bits per heavy atom.